The summed E-state index contributed by atoms with van der Waals surface area (Å²) in [5, 5.41) is 4.04. The third-order valence-corrected chi connectivity index (χ3v) is 2.96. The Bertz CT molecular complexity index is 545. The number of carbonyl (C=O) groups excluding carboxylic acids is 1. The van der Waals surface area contributed by atoms with E-state index in [-0.39, 0.29) is 18.5 Å². The van der Waals surface area contributed by atoms with Crippen LogP contribution in [0, 0.1) is 0 Å². The average molecular weight is 231 g/mol. The van der Waals surface area contributed by atoms with Crippen molar-refractivity contribution in [2.45, 2.75) is 13.0 Å². The maximum absolute atomic E-state index is 11.3. The van der Waals surface area contributed by atoms with E-state index in [4.69, 9.17) is 5.73 Å². The van der Waals surface area contributed by atoms with E-state index in [1.54, 1.807) is 0 Å². The molecule has 0 radical (unpaired) electrons. The first kappa shape index (κ1) is 11.7. The fourth-order valence-corrected chi connectivity index (χ4v) is 2.10. The van der Waals surface area contributed by atoms with Crippen molar-refractivity contribution < 1.29 is 4.79 Å². The van der Waals surface area contributed by atoms with Gasteiger partial charge in [-0.3, -0.25) is 4.79 Å². The van der Waals surface area contributed by atoms with Crippen molar-refractivity contribution in [1.82, 2.24) is 9.88 Å². The lowest BCUT2D eigenvalue weighted by atomic mass is 10.1. The Morgan fingerprint density at radius 3 is 2.88 bits per heavy atom. The number of amides is 1. The van der Waals surface area contributed by atoms with Crippen molar-refractivity contribution in [2.24, 2.45) is 12.8 Å². The molecule has 1 heterocycles. The summed E-state index contributed by atoms with van der Waals surface area (Å²) < 4.78 is 2.07. The number of hydrogen-bond acceptors (Lipinski definition) is 2. The van der Waals surface area contributed by atoms with Crippen LogP contribution in [0.15, 0.2) is 30.5 Å². The van der Waals surface area contributed by atoms with Crippen LogP contribution in [0.25, 0.3) is 10.9 Å². The minimum atomic E-state index is -0.134. The molecule has 0 fully saturated rings. The molecule has 2 aromatic rings. The SMILES string of the molecule is CC(NC(=O)CN)c1cn(C)c2ccccc12. The largest absolute Gasteiger partial charge is 0.350 e. The van der Waals surface area contributed by atoms with Gasteiger partial charge in [0.2, 0.25) is 5.91 Å². The number of nitrogens with one attached hydrogen (secondary N) is 1. The third kappa shape index (κ3) is 2.17. The van der Waals surface area contributed by atoms with Crippen molar-refractivity contribution in [3.63, 3.8) is 0 Å². The molecule has 0 saturated carbocycles. The van der Waals surface area contributed by atoms with Gasteiger partial charge in [-0.1, -0.05) is 18.2 Å². The molecule has 0 spiro atoms. The zero-order chi connectivity index (χ0) is 12.4. The number of nitrogens with zero attached hydrogens (tertiary/aromatic N) is 1. The summed E-state index contributed by atoms with van der Waals surface area (Å²) in [6, 6.07) is 8.11. The summed E-state index contributed by atoms with van der Waals surface area (Å²) in [4.78, 5) is 11.3. The number of aromatic nitrogens is 1. The molecule has 0 saturated heterocycles. The summed E-state index contributed by atoms with van der Waals surface area (Å²) in [5.41, 5.74) is 7.58. The summed E-state index contributed by atoms with van der Waals surface area (Å²) in [7, 11) is 2.00. The molecule has 17 heavy (non-hydrogen) atoms. The number of para-hydroxylation sites is 1. The predicted octanol–water partition coefficient (Wildman–Crippen LogP) is 1.31. The third-order valence-electron chi connectivity index (χ3n) is 2.96. The van der Waals surface area contributed by atoms with E-state index in [9.17, 15) is 4.79 Å². The van der Waals surface area contributed by atoms with E-state index in [1.165, 1.54) is 5.39 Å². The van der Waals surface area contributed by atoms with Gasteiger partial charge < -0.3 is 15.6 Å². The van der Waals surface area contributed by atoms with Gasteiger partial charge in [0, 0.05) is 24.1 Å². The second-order valence-corrected chi connectivity index (χ2v) is 4.21. The van der Waals surface area contributed by atoms with Crippen LogP contribution in [0.4, 0.5) is 0 Å². The summed E-state index contributed by atoms with van der Waals surface area (Å²) in [6.07, 6.45) is 2.05. The lowest BCUT2D eigenvalue weighted by Crippen LogP contribution is -2.32. The summed E-state index contributed by atoms with van der Waals surface area (Å²) in [5.74, 6) is -0.134. The standard InChI is InChI=1S/C13H17N3O/c1-9(15-13(17)7-14)11-8-16(2)12-6-4-3-5-10(11)12/h3-6,8-9H,7,14H2,1-2H3,(H,15,17). The van der Waals surface area contributed by atoms with Crippen LogP contribution in [-0.2, 0) is 11.8 Å². The number of hydrogen-bond donors (Lipinski definition) is 2. The number of rotatable bonds is 3. The fourth-order valence-electron chi connectivity index (χ4n) is 2.10. The van der Waals surface area contributed by atoms with Crippen molar-refractivity contribution >= 4 is 16.8 Å². The number of benzene rings is 1. The molecular weight excluding hydrogens is 214 g/mol. The molecule has 1 atom stereocenters. The topological polar surface area (TPSA) is 60.1 Å². The normalized spacial score (nSPS) is 12.6. The first-order chi connectivity index (χ1) is 8.13. The van der Waals surface area contributed by atoms with Gasteiger partial charge in [-0.05, 0) is 18.6 Å². The van der Waals surface area contributed by atoms with Crippen LogP contribution < -0.4 is 11.1 Å². The van der Waals surface area contributed by atoms with Crippen molar-refractivity contribution in [3.8, 4) is 0 Å². The van der Waals surface area contributed by atoms with Gasteiger partial charge in [0.05, 0.1) is 12.6 Å². The molecule has 2 rings (SSSR count). The van der Waals surface area contributed by atoms with Crippen LogP contribution in [0.3, 0.4) is 0 Å². The predicted molar refractivity (Wildman–Crippen MR) is 68.5 cm³/mol. The maximum atomic E-state index is 11.3. The highest BCUT2D eigenvalue weighted by atomic mass is 16.1. The highest BCUT2D eigenvalue weighted by Gasteiger charge is 2.13. The van der Waals surface area contributed by atoms with E-state index in [0.717, 1.165) is 11.1 Å². The quantitative estimate of drug-likeness (QED) is 0.836. The molecule has 1 aromatic heterocycles. The Hall–Kier alpha value is -1.81. The van der Waals surface area contributed by atoms with Crippen molar-refractivity contribution in [3.05, 3.63) is 36.0 Å². The Kier molecular flexibility index (Phi) is 3.15. The molecule has 1 amide bonds. The van der Waals surface area contributed by atoms with Gasteiger partial charge in [0.25, 0.3) is 0 Å². The smallest absolute Gasteiger partial charge is 0.234 e. The van der Waals surface area contributed by atoms with Crippen LogP contribution in [0.2, 0.25) is 0 Å². The molecule has 0 aliphatic heterocycles. The van der Waals surface area contributed by atoms with Crippen LogP contribution in [0.1, 0.15) is 18.5 Å². The summed E-state index contributed by atoms with van der Waals surface area (Å²) in [6.45, 7) is 1.99. The summed E-state index contributed by atoms with van der Waals surface area (Å²) >= 11 is 0. The van der Waals surface area contributed by atoms with Gasteiger partial charge in [-0.2, -0.15) is 0 Å². The van der Waals surface area contributed by atoms with Crippen LogP contribution in [0.5, 0.6) is 0 Å². The molecule has 1 unspecified atom stereocenters. The lowest BCUT2D eigenvalue weighted by molar-refractivity contribution is -0.120. The highest BCUT2D eigenvalue weighted by Crippen LogP contribution is 2.25. The van der Waals surface area contributed by atoms with E-state index in [1.807, 2.05) is 32.3 Å². The van der Waals surface area contributed by atoms with E-state index in [2.05, 4.69) is 22.0 Å². The Morgan fingerprint density at radius 2 is 2.18 bits per heavy atom. The van der Waals surface area contributed by atoms with Gasteiger partial charge in [0.15, 0.2) is 0 Å². The van der Waals surface area contributed by atoms with Gasteiger partial charge >= 0.3 is 0 Å². The fraction of sp³-hybridized carbons (Fsp3) is 0.308. The van der Waals surface area contributed by atoms with E-state index < -0.39 is 0 Å². The van der Waals surface area contributed by atoms with Crippen molar-refractivity contribution in [1.29, 1.82) is 0 Å². The van der Waals surface area contributed by atoms with Crippen molar-refractivity contribution in [2.75, 3.05) is 6.54 Å². The van der Waals surface area contributed by atoms with Gasteiger partial charge in [0.1, 0.15) is 0 Å². The Morgan fingerprint density at radius 1 is 1.47 bits per heavy atom. The zero-order valence-corrected chi connectivity index (χ0v) is 10.1. The number of nitrogens with two attached hydrogens (primary N) is 1. The number of carbonyl (C=O) groups is 1. The molecule has 3 N–H and O–H groups in total. The first-order valence-electron chi connectivity index (χ1n) is 5.67. The molecule has 0 aliphatic carbocycles. The molecule has 4 heteroatoms. The second-order valence-electron chi connectivity index (χ2n) is 4.21. The van der Waals surface area contributed by atoms with Crippen LogP contribution >= 0.6 is 0 Å². The second kappa shape index (κ2) is 4.59. The zero-order valence-electron chi connectivity index (χ0n) is 10.1. The molecule has 0 bridgehead atoms. The minimum absolute atomic E-state index is 0.0229. The monoisotopic (exact) mass is 231 g/mol. The van der Waals surface area contributed by atoms with E-state index in [0.29, 0.717) is 0 Å². The Labute approximate surface area is 100 Å². The number of aryl methyl sites for hydroxylation is 1. The number of fused-ring (bicyclic) bond motifs is 1. The Balaban J connectivity index is 2.38. The van der Waals surface area contributed by atoms with Crippen LogP contribution in [-0.4, -0.2) is 17.0 Å². The molecule has 1 aromatic carbocycles. The van der Waals surface area contributed by atoms with Gasteiger partial charge in [-0.25, -0.2) is 0 Å². The molecule has 90 valence electrons. The van der Waals surface area contributed by atoms with Gasteiger partial charge in [-0.15, -0.1) is 0 Å². The lowest BCUT2D eigenvalue weighted by Gasteiger charge is -2.12. The first-order valence-corrected chi connectivity index (χ1v) is 5.67. The maximum Gasteiger partial charge on any atom is 0.234 e. The average Bonchev–Trinajstić information content (AvgIpc) is 2.67. The molecular formula is C13H17N3O. The van der Waals surface area contributed by atoms with E-state index >= 15 is 0 Å². The molecule has 0 aliphatic rings. The highest BCUT2D eigenvalue weighted by molar-refractivity contribution is 5.85. The minimum Gasteiger partial charge on any atom is -0.350 e. The molecule has 4 nitrogen and oxygen atoms in total.